The number of nitrogens with zero attached hydrogens (tertiary/aromatic N) is 2. The number of rotatable bonds is 5. The number of hydrogen-bond donors (Lipinski definition) is 1. The van der Waals surface area contributed by atoms with Crippen molar-refractivity contribution in [2.45, 2.75) is 58.8 Å². The van der Waals surface area contributed by atoms with Gasteiger partial charge in [-0.1, -0.05) is 20.8 Å². The summed E-state index contributed by atoms with van der Waals surface area (Å²) in [6, 6.07) is 0. The first kappa shape index (κ1) is 15.0. The Hall–Kier alpha value is -0.390. The molecule has 3 nitrogen and oxygen atoms in total. The maximum Gasteiger partial charge on any atom is 0.143 e. The minimum absolute atomic E-state index is 0.569. The van der Waals surface area contributed by atoms with E-state index in [2.05, 4.69) is 48.7 Å². The lowest BCUT2D eigenvalue weighted by molar-refractivity contribution is 0.583. The summed E-state index contributed by atoms with van der Waals surface area (Å²) in [5, 5.41) is 3.45. The van der Waals surface area contributed by atoms with Crippen molar-refractivity contribution in [3.8, 4) is 0 Å². The number of nitrogens with one attached hydrogen (secondary N) is 1. The molecule has 1 aliphatic rings. The third-order valence-electron chi connectivity index (χ3n) is 3.87. The largest absolute Gasteiger partial charge is 0.369 e. The number of anilines is 1. The molecule has 0 saturated heterocycles. The van der Waals surface area contributed by atoms with E-state index in [4.69, 9.17) is 9.97 Å². The first-order valence-electron chi connectivity index (χ1n) is 7.45. The lowest BCUT2D eigenvalue weighted by Gasteiger charge is -2.15. The lowest BCUT2D eigenvalue weighted by atomic mass is 10.1. The van der Waals surface area contributed by atoms with Gasteiger partial charge in [-0.15, -0.1) is 0 Å². The molecule has 1 aliphatic carbocycles. The zero-order valence-electron chi connectivity index (χ0n) is 12.2. The van der Waals surface area contributed by atoms with E-state index in [1.165, 1.54) is 28.5 Å². The van der Waals surface area contributed by atoms with Gasteiger partial charge in [0, 0.05) is 12.5 Å². The van der Waals surface area contributed by atoms with Gasteiger partial charge in [0.15, 0.2) is 0 Å². The third kappa shape index (κ3) is 3.58. The van der Waals surface area contributed by atoms with Crippen molar-refractivity contribution in [1.82, 2.24) is 9.97 Å². The zero-order valence-corrected chi connectivity index (χ0v) is 14.3. The Kier molecular flexibility index (Phi) is 5.42. The second-order valence-electron chi connectivity index (χ2n) is 5.59. The zero-order chi connectivity index (χ0) is 13.8. The molecule has 2 unspecified atom stereocenters. The number of aryl methyl sites for hydroxylation is 1. The monoisotopic (exact) mass is 373 g/mol. The number of aromatic nitrogens is 2. The maximum absolute atomic E-state index is 4.82. The highest BCUT2D eigenvalue weighted by molar-refractivity contribution is 14.1. The normalized spacial score (nSPS) is 22.7. The summed E-state index contributed by atoms with van der Waals surface area (Å²) in [5.74, 6) is 3.51. The maximum atomic E-state index is 4.82. The van der Waals surface area contributed by atoms with Crippen LogP contribution in [0.25, 0.3) is 0 Å². The van der Waals surface area contributed by atoms with Crippen LogP contribution in [0.4, 0.5) is 5.82 Å². The van der Waals surface area contributed by atoms with E-state index in [9.17, 15) is 0 Å². The van der Waals surface area contributed by atoms with Crippen molar-refractivity contribution in [3.63, 3.8) is 0 Å². The Bertz CT molecular complexity index is 434. The average Bonchev–Trinajstić information content (AvgIpc) is 2.84. The Labute approximate surface area is 130 Å². The molecule has 1 aromatic rings. The van der Waals surface area contributed by atoms with Gasteiger partial charge >= 0.3 is 0 Å². The highest BCUT2D eigenvalue weighted by Gasteiger charge is 2.26. The number of hydrogen-bond acceptors (Lipinski definition) is 3. The molecule has 0 aliphatic heterocycles. The summed E-state index contributed by atoms with van der Waals surface area (Å²) in [5.41, 5.74) is 1.20. The van der Waals surface area contributed by atoms with Gasteiger partial charge in [0.25, 0.3) is 0 Å². The van der Waals surface area contributed by atoms with Crippen LogP contribution in [0.3, 0.4) is 0 Å². The van der Waals surface area contributed by atoms with Crippen LogP contribution in [0.2, 0.25) is 0 Å². The van der Waals surface area contributed by atoms with Crippen LogP contribution in [0.5, 0.6) is 0 Å². The van der Waals surface area contributed by atoms with Crippen LogP contribution in [0.1, 0.15) is 63.9 Å². The predicted molar refractivity (Wildman–Crippen MR) is 88.7 cm³/mol. The highest BCUT2D eigenvalue weighted by atomic mass is 127. The Morgan fingerprint density at radius 3 is 2.63 bits per heavy atom. The molecule has 1 aromatic heterocycles. The van der Waals surface area contributed by atoms with Gasteiger partial charge < -0.3 is 5.32 Å². The van der Waals surface area contributed by atoms with Crippen LogP contribution in [-0.2, 0) is 6.42 Å². The quantitative estimate of drug-likeness (QED) is 0.779. The van der Waals surface area contributed by atoms with E-state index >= 15 is 0 Å². The standard InChI is InChI=1S/C15H24IN3/c1-4-8-17-15-13(16)12(5-2)18-14(19-15)11-7-6-10(3)9-11/h10-11H,4-9H2,1-3H3,(H,17,18,19). The van der Waals surface area contributed by atoms with E-state index in [1.807, 2.05) is 0 Å². The summed E-state index contributed by atoms with van der Waals surface area (Å²) in [6.45, 7) is 7.68. The molecule has 0 spiro atoms. The minimum Gasteiger partial charge on any atom is -0.369 e. The molecule has 106 valence electrons. The summed E-state index contributed by atoms with van der Waals surface area (Å²) in [4.78, 5) is 9.62. The minimum atomic E-state index is 0.569. The fourth-order valence-electron chi connectivity index (χ4n) is 2.73. The summed E-state index contributed by atoms with van der Waals surface area (Å²) in [6.07, 6.45) is 5.92. The molecular weight excluding hydrogens is 349 g/mol. The molecule has 4 heteroatoms. The molecule has 0 bridgehead atoms. The molecule has 1 N–H and O–H groups in total. The highest BCUT2D eigenvalue weighted by Crippen LogP contribution is 2.37. The second-order valence-corrected chi connectivity index (χ2v) is 6.67. The Morgan fingerprint density at radius 1 is 1.26 bits per heavy atom. The molecular formula is C15H24IN3. The summed E-state index contributed by atoms with van der Waals surface area (Å²) in [7, 11) is 0. The van der Waals surface area contributed by atoms with E-state index in [0.717, 1.165) is 36.9 Å². The smallest absolute Gasteiger partial charge is 0.143 e. The van der Waals surface area contributed by atoms with Crippen LogP contribution in [0, 0.1) is 9.49 Å². The van der Waals surface area contributed by atoms with Gasteiger partial charge in [0.1, 0.15) is 11.6 Å². The van der Waals surface area contributed by atoms with Gasteiger partial charge in [-0.2, -0.15) is 0 Å². The third-order valence-corrected chi connectivity index (χ3v) is 5.01. The fraction of sp³-hybridized carbons (Fsp3) is 0.733. The van der Waals surface area contributed by atoms with Crippen molar-refractivity contribution in [1.29, 1.82) is 0 Å². The molecule has 0 aromatic carbocycles. The van der Waals surface area contributed by atoms with Crippen molar-refractivity contribution >= 4 is 28.4 Å². The summed E-state index contributed by atoms with van der Waals surface area (Å²) >= 11 is 2.38. The van der Waals surface area contributed by atoms with E-state index in [1.54, 1.807) is 0 Å². The van der Waals surface area contributed by atoms with Crippen LogP contribution in [-0.4, -0.2) is 16.5 Å². The molecule has 0 amide bonds. The van der Waals surface area contributed by atoms with Crippen molar-refractivity contribution in [2.24, 2.45) is 5.92 Å². The van der Waals surface area contributed by atoms with Crippen molar-refractivity contribution in [3.05, 3.63) is 15.1 Å². The molecule has 1 heterocycles. The first-order valence-corrected chi connectivity index (χ1v) is 8.53. The van der Waals surface area contributed by atoms with Crippen LogP contribution in [0.15, 0.2) is 0 Å². The molecule has 2 atom stereocenters. The van der Waals surface area contributed by atoms with Gasteiger partial charge in [-0.05, 0) is 60.6 Å². The predicted octanol–water partition coefficient (Wildman–Crippen LogP) is 4.37. The fourth-order valence-corrected chi connectivity index (χ4v) is 3.54. The molecule has 2 rings (SSSR count). The van der Waals surface area contributed by atoms with Crippen LogP contribution >= 0.6 is 22.6 Å². The SMILES string of the molecule is CCCNc1nc(C2CCC(C)C2)nc(CC)c1I. The van der Waals surface area contributed by atoms with Gasteiger partial charge in [-0.25, -0.2) is 9.97 Å². The van der Waals surface area contributed by atoms with Crippen molar-refractivity contribution in [2.75, 3.05) is 11.9 Å². The molecule has 1 fully saturated rings. The van der Waals surface area contributed by atoms with Gasteiger partial charge in [-0.3, -0.25) is 0 Å². The van der Waals surface area contributed by atoms with Crippen LogP contribution < -0.4 is 5.32 Å². The Morgan fingerprint density at radius 2 is 2.05 bits per heavy atom. The lowest BCUT2D eigenvalue weighted by Crippen LogP contribution is -2.12. The van der Waals surface area contributed by atoms with E-state index in [0.29, 0.717) is 5.92 Å². The number of halogens is 1. The second kappa shape index (κ2) is 6.86. The molecule has 19 heavy (non-hydrogen) atoms. The van der Waals surface area contributed by atoms with E-state index < -0.39 is 0 Å². The summed E-state index contributed by atoms with van der Waals surface area (Å²) < 4.78 is 1.20. The van der Waals surface area contributed by atoms with Gasteiger partial charge in [0.2, 0.25) is 0 Å². The van der Waals surface area contributed by atoms with Crippen molar-refractivity contribution < 1.29 is 0 Å². The molecule has 1 saturated carbocycles. The van der Waals surface area contributed by atoms with E-state index in [-0.39, 0.29) is 0 Å². The average molecular weight is 373 g/mol. The molecule has 0 radical (unpaired) electrons. The topological polar surface area (TPSA) is 37.8 Å². The first-order chi connectivity index (χ1) is 9.15. The Balaban J connectivity index is 2.28. The van der Waals surface area contributed by atoms with Gasteiger partial charge in [0.05, 0.1) is 9.26 Å².